The van der Waals surface area contributed by atoms with Crippen molar-refractivity contribution in [2.75, 3.05) is 13.3 Å². The van der Waals surface area contributed by atoms with E-state index < -0.39 is 21.2 Å². The van der Waals surface area contributed by atoms with Crippen molar-refractivity contribution in [1.29, 1.82) is 0 Å². The van der Waals surface area contributed by atoms with Gasteiger partial charge in [0.1, 0.15) is 6.63 Å². The highest BCUT2D eigenvalue weighted by Gasteiger charge is 2.05. The van der Waals surface area contributed by atoms with Crippen LogP contribution in [0.4, 0.5) is 0 Å². The molecule has 0 radical (unpaired) electrons. The van der Waals surface area contributed by atoms with Crippen LogP contribution in [0.25, 0.3) is 22.3 Å². The van der Waals surface area contributed by atoms with Crippen molar-refractivity contribution in [2.24, 2.45) is 0 Å². The molecule has 170 valence electrons. The van der Waals surface area contributed by atoms with Crippen molar-refractivity contribution in [3.63, 3.8) is 0 Å². The molecule has 0 aliphatic carbocycles. The van der Waals surface area contributed by atoms with Gasteiger partial charge in [0.2, 0.25) is 0 Å². The summed E-state index contributed by atoms with van der Waals surface area (Å²) in [5.74, 6) is 0. The van der Waals surface area contributed by atoms with E-state index >= 15 is 0 Å². The van der Waals surface area contributed by atoms with Crippen LogP contribution >= 0.6 is 66.1 Å². The van der Waals surface area contributed by atoms with Crippen LogP contribution in [0, 0.1) is 0 Å². The highest BCUT2D eigenvalue weighted by Crippen LogP contribution is 2.45. The first kappa shape index (κ1) is 26.9. The first-order valence-electron chi connectivity index (χ1n) is 10.1. The highest BCUT2D eigenvalue weighted by atomic mass is 35.9. The summed E-state index contributed by atoms with van der Waals surface area (Å²) in [5.41, 5.74) is 4.82. The van der Waals surface area contributed by atoms with Crippen LogP contribution in [0.1, 0.15) is 0 Å². The Morgan fingerprint density at radius 2 is 0.697 bits per heavy atom. The smallest absolute Gasteiger partial charge is 0.0915 e. The highest BCUT2D eigenvalue weighted by molar-refractivity contribution is 8.08. The summed E-state index contributed by atoms with van der Waals surface area (Å²) in [4.78, 5) is 0. The Bertz CT molecular complexity index is 1060. The Morgan fingerprint density at radius 3 is 1.00 bits per heavy atom. The lowest BCUT2D eigenvalue weighted by Gasteiger charge is -2.07. The Hall–Kier alpha value is -0.670. The van der Waals surface area contributed by atoms with Crippen LogP contribution in [0.5, 0.6) is 0 Å². The van der Waals surface area contributed by atoms with Gasteiger partial charge in [-0.3, -0.25) is 0 Å². The summed E-state index contributed by atoms with van der Waals surface area (Å²) in [6, 6.07) is 35.2. The summed E-state index contributed by atoms with van der Waals surface area (Å²) in [6.07, 6.45) is 0. The number of hydrogen-bond donors (Lipinski definition) is 0. The fourth-order valence-electron chi connectivity index (χ4n) is 3.12. The third-order valence-electron chi connectivity index (χ3n) is 4.95. The largest absolute Gasteiger partial charge is 0.116 e. The van der Waals surface area contributed by atoms with E-state index in [9.17, 15) is 0 Å². The predicted molar refractivity (Wildman–Crippen MR) is 159 cm³/mol. The molecule has 0 nitrogen and oxygen atoms in total. The Morgan fingerprint density at radius 1 is 0.394 bits per heavy atom. The molecule has 33 heavy (non-hydrogen) atoms. The molecule has 2 unspecified atom stereocenters. The van der Waals surface area contributed by atoms with Gasteiger partial charge in [0, 0.05) is 19.9 Å². The maximum absolute atomic E-state index is 6.09. The van der Waals surface area contributed by atoms with E-state index in [1.807, 2.05) is 37.0 Å². The van der Waals surface area contributed by atoms with E-state index in [0.29, 0.717) is 0 Å². The summed E-state index contributed by atoms with van der Waals surface area (Å²) in [6.45, 7) is 3.02. The zero-order chi connectivity index (χ0) is 23.8. The van der Waals surface area contributed by atoms with Crippen LogP contribution in [0.2, 0.25) is 0 Å². The summed E-state index contributed by atoms with van der Waals surface area (Å²) in [5, 5.41) is 3.40. The normalized spacial score (nSPS) is 12.6. The van der Waals surface area contributed by atoms with Gasteiger partial charge in [0.25, 0.3) is 0 Å². The van der Waals surface area contributed by atoms with Crippen molar-refractivity contribution in [2.45, 2.75) is 0 Å². The SMILES string of the molecule is CP(Cl)c1ccc(-c2ccc(P(Cl)Cl)cc2)cc1.CP(Cl)c1ccc(-c2ccccc2)cc1. The predicted octanol–water partition coefficient (Wildman–Crippen LogP) is 9.90. The van der Waals surface area contributed by atoms with Crippen molar-refractivity contribution < 1.29 is 0 Å². The summed E-state index contributed by atoms with van der Waals surface area (Å²) < 4.78 is 0. The zero-order valence-corrected chi connectivity index (χ0v) is 23.9. The molecular formula is C26H23Cl4P3. The molecule has 0 heterocycles. The van der Waals surface area contributed by atoms with Crippen molar-refractivity contribution >= 4 is 82.1 Å². The molecule has 0 aliphatic heterocycles. The average molecular weight is 570 g/mol. The van der Waals surface area contributed by atoms with Crippen molar-refractivity contribution in [3.05, 3.63) is 103 Å². The maximum Gasteiger partial charge on any atom is 0.116 e. The quantitative estimate of drug-likeness (QED) is 0.210. The first-order chi connectivity index (χ1) is 15.8. The summed E-state index contributed by atoms with van der Waals surface area (Å²) in [7, 11) is -1.06. The van der Waals surface area contributed by atoms with Gasteiger partial charge >= 0.3 is 0 Å². The second-order valence-corrected chi connectivity index (χ2v) is 16.7. The lowest BCUT2D eigenvalue weighted by molar-refractivity contribution is 1.64. The molecule has 0 saturated heterocycles. The average Bonchev–Trinajstić information content (AvgIpc) is 2.85. The lowest BCUT2D eigenvalue weighted by atomic mass is 10.1. The van der Waals surface area contributed by atoms with Gasteiger partial charge in [0.05, 0.1) is 0 Å². The second-order valence-electron chi connectivity index (χ2n) is 7.19. The van der Waals surface area contributed by atoms with Crippen LogP contribution in [0.3, 0.4) is 0 Å². The van der Waals surface area contributed by atoms with Gasteiger partial charge in [-0.15, -0.1) is 0 Å². The minimum absolute atomic E-state index is 0.505. The van der Waals surface area contributed by atoms with E-state index in [1.54, 1.807) is 0 Å². The van der Waals surface area contributed by atoms with E-state index in [0.717, 1.165) is 10.9 Å². The van der Waals surface area contributed by atoms with Gasteiger partial charge in [-0.25, -0.2) is 0 Å². The van der Waals surface area contributed by atoms with Crippen LogP contribution < -0.4 is 15.9 Å². The Balaban J connectivity index is 0.000000189. The minimum atomic E-state index is -1.06. The fourth-order valence-corrected chi connectivity index (χ4v) is 5.96. The first-order valence-corrected chi connectivity index (χ1v) is 18.7. The van der Waals surface area contributed by atoms with E-state index in [1.165, 1.54) is 27.3 Å². The van der Waals surface area contributed by atoms with Gasteiger partial charge < -0.3 is 0 Å². The molecule has 0 saturated carbocycles. The molecule has 4 aromatic rings. The minimum Gasteiger partial charge on any atom is -0.0915 e. The Kier molecular flexibility index (Phi) is 11.0. The van der Waals surface area contributed by atoms with E-state index in [2.05, 4.69) is 79.5 Å². The standard InChI is InChI=1S/C13H11Cl3P2.C13H12ClP/c1-17(14)12-6-2-10(3-7-12)11-4-8-13(9-5-11)18(15)16;1-15(14)13-9-7-12(8-10-13)11-5-3-2-4-6-11/h2-9H,1H3;2-10H,1H3. The monoisotopic (exact) mass is 568 g/mol. The molecule has 7 heteroatoms. The number of halogens is 4. The zero-order valence-electron chi connectivity index (χ0n) is 18.2. The molecule has 0 fully saturated rings. The molecule has 4 aromatic carbocycles. The van der Waals surface area contributed by atoms with Crippen molar-refractivity contribution in [1.82, 2.24) is 0 Å². The summed E-state index contributed by atoms with van der Waals surface area (Å²) >= 11 is 23.9. The molecule has 2 atom stereocenters. The van der Waals surface area contributed by atoms with Crippen molar-refractivity contribution in [3.8, 4) is 22.3 Å². The topological polar surface area (TPSA) is 0 Å². The van der Waals surface area contributed by atoms with E-state index in [4.69, 9.17) is 45.0 Å². The maximum atomic E-state index is 6.09. The van der Waals surface area contributed by atoms with Crippen LogP contribution in [0.15, 0.2) is 103 Å². The third kappa shape index (κ3) is 8.20. The number of benzene rings is 4. The third-order valence-corrected chi connectivity index (χ3v) is 10.00. The van der Waals surface area contributed by atoms with Crippen LogP contribution in [-0.2, 0) is 0 Å². The molecule has 0 bridgehead atoms. The fraction of sp³-hybridized carbons (Fsp3) is 0.0769. The second kappa shape index (κ2) is 13.4. The molecule has 0 aromatic heterocycles. The molecular weight excluding hydrogens is 547 g/mol. The van der Waals surface area contributed by atoms with Gasteiger partial charge in [0.15, 0.2) is 0 Å². The van der Waals surface area contributed by atoms with Gasteiger partial charge in [-0.2, -0.15) is 0 Å². The number of rotatable bonds is 5. The van der Waals surface area contributed by atoms with Crippen LogP contribution in [-0.4, -0.2) is 13.3 Å². The van der Waals surface area contributed by atoms with Gasteiger partial charge in [-0.05, 0) is 46.2 Å². The van der Waals surface area contributed by atoms with E-state index in [-0.39, 0.29) is 0 Å². The number of hydrogen-bond acceptors (Lipinski definition) is 0. The molecule has 4 rings (SSSR count). The molecule has 0 spiro atoms. The molecule has 0 N–H and O–H groups in total. The Labute approximate surface area is 219 Å². The lowest BCUT2D eigenvalue weighted by Crippen LogP contribution is -1.96. The van der Waals surface area contributed by atoms with Gasteiger partial charge in [-0.1, -0.05) is 148 Å². The molecule has 0 amide bonds. The molecule has 0 aliphatic rings.